The number of nitrogens with one attached hydrogen (secondary N) is 1. The Balaban J connectivity index is 1.77. The van der Waals surface area contributed by atoms with E-state index in [0.717, 1.165) is 16.4 Å². The summed E-state index contributed by atoms with van der Waals surface area (Å²) in [7, 11) is 0. The van der Waals surface area contributed by atoms with Gasteiger partial charge in [0.05, 0.1) is 38.0 Å². The van der Waals surface area contributed by atoms with Crippen LogP contribution >= 0.6 is 23.3 Å². The van der Waals surface area contributed by atoms with E-state index in [1.807, 2.05) is 0 Å². The van der Waals surface area contributed by atoms with Crippen molar-refractivity contribution < 1.29 is 48.5 Å². The van der Waals surface area contributed by atoms with Gasteiger partial charge in [0.15, 0.2) is 5.13 Å². The van der Waals surface area contributed by atoms with E-state index in [1.165, 1.54) is 17.8 Å². The van der Waals surface area contributed by atoms with Gasteiger partial charge < -0.3 is 45.6 Å². The molecule has 0 aliphatic carbocycles. The van der Waals surface area contributed by atoms with Crippen LogP contribution in [0.5, 0.6) is 0 Å². The fraction of sp³-hybridized carbons (Fsp3) is 0.524. The van der Waals surface area contributed by atoms with Crippen molar-refractivity contribution in [2.45, 2.75) is 11.4 Å². The second kappa shape index (κ2) is 13.8. The molecule has 2 aliphatic heterocycles. The molecule has 1 saturated heterocycles. The molecule has 1 aromatic rings. The lowest BCUT2D eigenvalue weighted by atomic mass is 10.0. The highest BCUT2D eigenvalue weighted by molar-refractivity contribution is 8.00. The van der Waals surface area contributed by atoms with Gasteiger partial charge in [0, 0.05) is 17.3 Å². The Bertz CT molecular complexity index is 1140. The summed E-state index contributed by atoms with van der Waals surface area (Å²) in [6, 6.07) is -1.13. The average molecular weight is 590 g/mol. The molecule has 6 N–H and O–H groups in total. The molecule has 0 aromatic carbocycles. The maximum atomic E-state index is 12.9. The minimum Gasteiger partial charge on any atom is -0.543 e. The molecule has 39 heavy (non-hydrogen) atoms. The Morgan fingerprint density at radius 3 is 2.49 bits per heavy atom. The largest absolute Gasteiger partial charge is 0.543 e. The molecule has 1 fully saturated rings. The Morgan fingerprint density at radius 2 is 1.95 bits per heavy atom. The van der Waals surface area contributed by atoms with E-state index in [-0.39, 0.29) is 72.9 Å². The molecular weight excluding hydrogens is 561 g/mol. The van der Waals surface area contributed by atoms with Crippen molar-refractivity contribution in [1.29, 1.82) is 0 Å². The maximum Gasteiger partial charge on any atom is 0.278 e. The number of carboxylic acid groups (broad SMARTS) is 1. The first-order chi connectivity index (χ1) is 18.7. The van der Waals surface area contributed by atoms with Gasteiger partial charge >= 0.3 is 0 Å². The van der Waals surface area contributed by atoms with Gasteiger partial charge in [0.25, 0.3) is 18.7 Å². The molecule has 15 nitrogen and oxygen atoms in total. The highest BCUT2D eigenvalue weighted by atomic mass is 32.2. The third-order valence-electron chi connectivity index (χ3n) is 6.09. The van der Waals surface area contributed by atoms with Gasteiger partial charge in [-0.25, -0.2) is 4.39 Å². The first kappa shape index (κ1) is 30.4. The monoisotopic (exact) mass is 589 g/mol. The van der Waals surface area contributed by atoms with Crippen LogP contribution in [0.15, 0.2) is 28.6 Å². The van der Waals surface area contributed by atoms with Crippen LogP contribution in [0.3, 0.4) is 0 Å². The van der Waals surface area contributed by atoms with Crippen LogP contribution in [0.1, 0.15) is 5.82 Å². The SMILES string of the molecule is Nc1nc(/C(=N/OCF)C(=O)N[C@@H]2C(=O)N3C(C(=O)[O-])=C(/C=C/C[N+](CCO)(CCO)CCO)CS[C@@H]23)ns1. The minimum absolute atomic E-state index is 0.0175. The number of hydrogen-bond donors (Lipinski definition) is 5. The number of halogens is 1. The van der Waals surface area contributed by atoms with Crippen LogP contribution in [0.25, 0.3) is 0 Å². The molecule has 2 aliphatic rings. The van der Waals surface area contributed by atoms with Crippen LogP contribution in [0.4, 0.5) is 9.52 Å². The molecule has 0 bridgehead atoms. The number of hydrogen-bond acceptors (Lipinski definition) is 14. The summed E-state index contributed by atoms with van der Waals surface area (Å²) in [5.41, 5.74) is 4.96. The normalized spacial score (nSPS) is 19.7. The number of aliphatic carboxylic acids is 1. The number of thioether (sulfide) groups is 1. The molecule has 2 atom stereocenters. The lowest BCUT2D eigenvalue weighted by molar-refractivity contribution is -0.923. The fourth-order valence-corrected chi connectivity index (χ4v) is 5.99. The van der Waals surface area contributed by atoms with E-state index in [2.05, 4.69) is 24.7 Å². The Morgan fingerprint density at radius 1 is 1.28 bits per heavy atom. The van der Waals surface area contributed by atoms with E-state index in [9.17, 15) is 39.2 Å². The van der Waals surface area contributed by atoms with E-state index >= 15 is 0 Å². The number of nitrogen functional groups attached to an aromatic ring is 1. The first-order valence-electron chi connectivity index (χ1n) is 11.6. The number of amides is 2. The molecule has 214 valence electrons. The van der Waals surface area contributed by atoms with Gasteiger partial charge in [-0.2, -0.15) is 9.36 Å². The standard InChI is InChI=1S/C21H28FN7O8S2/c22-11-37-26-13(16-25-21(23)39-27-16)17(33)24-14-18(34)28-15(20(35)36)12(10-38-19(14)28)2-1-3-29(4-7-30,5-8-31)6-9-32/h1-2,14,19,30-32H,3-11H2,(H3-,23,24,25,27,33,35,36)/b2-1+,26-13-/t14-,19+/m1/s1. The average Bonchev–Trinajstić information content (AvgIpc) is 3.33. The third kappa shape index (κ3) is 6.89. The number of nitrogens with two attached hydrogens (primary N) is 1. The maximum absolute atomic E-state index is 12.9. The van der Waals surface area contributed by atoms with E-state index in [4.69, 9.17) is 5.73 Å². The number of aliphatic hydroxyl groups is 3. The molecule has 3 heterocycles. The summed E-state index contributed by atoms with van der Waals surface area (Å²) in [4.78, 5) is 46.9. The van der Waals surface area contributed by atoms with Gasteiger partial charge in [-0.15, -0.1) is 11.8 Å². The van der Waals surface area contributed by atoms with E-state index in [0.29, 0.717) is 5.57 Å². The smallest absolute Gasteiger partial charge is 0.278 e. The summed E-state index contributed by atoms with van der Waals surface area (Å²) in [6.07, 6.45) is 3.19. The summed E-state index contributed by atoms with van der Waals surface area (Å²) in [5.74, 6) is -3.32. The summed E-state index contributed by atoms with van der Waals surface area (Å²) in [5, 5.41) is 45.4. The van der Waals surface area contributed by atoms with Gasteiger partial charge in [0.1, 0.15) is 31.0 Å². The van der Waals surface area contributed by atoms with Crippen LogP contribution < -0.4 is 16.2 Å². The lowest BCUT2D eigenvalue weighted by Crippen LogP contribution is -2.71. The highest BCUT2D eigenvalue weighted by Crippen LogP contribution is 2.40. The van der Waals surface area contributed by atoms with Crippen molar-refractivity contribution in [3.05, 3.63) is 29.2 Å². The number of β-lactam (4-membered cyclic amide) rings is 1. The number of fused-ring (bicyclic) bond motifs is 1. The zero-order chi connectivity index (χ0) is 28.6. The molecular formula is C21H28FN7O8S2. The van der Waals surface area contributed by atoms with Crippen LogP contribution in [0.2, 0.25) is 0 Å². The van der Waals surface area contributed by atoms with Crippen molar-refractivity contribution in [2.24, 2.45) is 5.16 Å². The number of aliphatic hydroxyl groups excluding tert-OH is 3. The second-order valence-corrected chi connectivity index (χ2v) is 10.3. The Hall–Kier alpha value is -3.16. The number of anilines is 1. The molecule has 0 unspecified atom stereocenters. The van der Waals surface area contributed by atoms with Crippen molar-refractivity contribution in [3.63, 3.8) is 0 Å². The quantitative estimate of drug-likeness (QED) is 0.0582. The molecule has 0 spiro atoms. The number of carboxylic acids is 1. The molecule has 3 rings (SSSR count). The molecule has 1 aromatic heterocycles. The van der Waals surface area contributed by atoms with Crippen LogP contribution in [0, 0.1) is 0 Å². The number of alkyl halides is 1. The molecule has 18 heteroatoms. The third-order valence-corrected chi connectivity index (χ3v) is 7.93. The number of nitrogens with zero attached hydrogens (tertiary/aromatic N) is 5. The number of quaternary nitrogens is 1. The van der Waals surface area contributed by atoms with Gasteiger partial charge in [-0.05, 0) is 11.6 Å². The lowest BCUT2D eigenvalue weighted by Gasteiger charge is -2.50. The summed E-state index contributed by atoms with van der Waals surface area (Å²) >= 11 is 1.96. The van der Waals surface area contributed by atoms with E-state index in [1.54, 1.807) is 6.08 Å². The number of carbonyl (C=O) groups is 3. The molecule has 0 saturated carbocycles. The Labute approximate surface area is 230 Å². The second-order valence-electron chi connectivity index (χ2n) is 8.42. The highest BCUT2D eigenvalue weighted by Gasteiger charge is 2.53. The fourth-order valence-electron chi connectivity index (χ4n) is 4.24. The molecule has 2 amide bonds. The number of carbonyl (C=O) groups excluding carboxylic acids is 3. The zero-order valence-electron chi connectivity index (χ0n) is 20.6. The van der Waals surface area contributed by atoms with Gasteiger partial charge in [-0.1, -0.05) is 11.2 Å². The topological polar surface area (TPSA) is 224 Å². The van der Waals surface area contributed by atoms with Gasteiger partial charge in [0.2, 0.25) is 11.5 Å². The number of allylic oxidation sites excluding steroid dienone is 1. The summed E-state index contributed by atoms with van der Waals surface area (Å²) < 4.78 is 16.5. The number of oxime groups is 1. The van der Waals surface area contributed by atoms with Crippen molar-refractivity contribution in [1.82, 2.24) is 19.6 Å². The Kier molecular flexibility index (Phi) is 10.7. The van der Waals surface area contributed by atoms with Crippen molar-refractivity contribution in [3.8, 4) is 0 Å². The van der Waals surface area contributed by atoms with Crippen molar-refractivity contribution >= 4 is 51.9 Å². The zero-order valence-corrected chi connectivity index (χ0v) is 22.2. The first-order valence-corrected chi connectivity index (χ1v) is 13.4. The predicted molar refractivity (Wildman–Crippen MR) is 135 cm³/mol. The van der Waals surface area contributed by atoms with Gasteiger partial charge in [-0.3, -0.25) is 14.5 Å². The number of rotatable bonds is 15. The minimum atomic E-state index is -1.58. The van der Waals surface area contributed by atoms with E-state index < -0.39 is 41.8 Å². The number of aromatic nitrogens is 2. The van der Waals surface area contributed by atoms with Crippen LogP contribution in [-0.4, -0.2) is 128 Å². The predicted octanol–water partition coefficient (Wildman–Crippen LogP) is -3.48. The van der Waals surface area contributed by atoms with Crippen molar-refractivity contribution in [2.75, 3.05) is 64.3 Å². The summed E-state index contributed by atoms with van der Waals surface area (Å²) in [6.45, 7) is -0.766. The molecule has 0 radical (unpaired) electrons. The van der Waals surface area contributed by atoms with Crippen LogP contribution in [-0.2, 0) is 19.2 Å².